The minimum absolute atomic E-state index is 0.162. The van der Waals surface area contributed by atoms with Crippen molar-refractivity contribution in [3.05, 3.63) is 15.9 Å². The smallest absolute Gasteiger partial charge is 0.158 e. The van der Waals surface area contributed by atoms with Crippen molar-refractivity contribution in [1.29, 1.82) is 0 Å². The molecule has 0 bridgehead atoms. The van der Waals surface area contributed by atoms with Crippen LogP contribution < -0.4 is 5.73 Å². The molecule has 4 nitrogen and oxygen atoms in total. The maximum Gasteiger partial charge on any atom is 0.158 e. The quantitative estimate of drug-likeness (QED) is 0.895. The Hall–Kier alpha value is -0.680. The first-order valence-electron chi connectivity index (χ1n) is 7.58. The molecule has 1 heterocycles. The molecule has 1 saturated carbocycles. The molecule has 1 aromatic heterocycles. The summed E-state index contributed by atoms with van der Waals surface area (Å²) < 4.78 is 2.90. The van der Waals surface area contributed by atoms with Crippen LogP contribution in [0.15, 0.2) is 4.47 Å². The number of aromatic nitrogens is 2. The van der Waals surface area contributed by atoms with Gasteiger partial charge in [0.15, 0.2) is 5.78 Å². The summed E-state index contributed by atoms with van der Waals surface area (Å²) >= 11 is 3.60. The van der Waals surface area contributed by atoms with Crippen LogP contribution in [0.5, 0.6) is 0 Å². The van der Waals surface area contributed by atoms with Crippen LogP contribution in [-0.2, 0) is 24.2 Å². The van der Waals surface area contributed by atoms with E-state index in [2.05, 4.69) is 28.0 Å². The zero-order valence-corrected chi connectivity index (χ0v) is 14.0. The monoisotopic (exact) mass is 341 g/mol. The Morgan fingerprint density at radius 1 is 1.35 bits per heavy atom. The highest BCUT2D eigenvalue weighted by Crippen LogP contribution is 2.30. The van der Waals surface area contributed by atoms with Gasteiger partial charge >= 0.3 is 0 Å². The zero-order valence-electron chi connectivity index (χ0n) is 12.4. The topological polar surface area (TPSA) is 60.9 Å². The van der Waals surface area contributed by atoms with Crippen molar-refractivity contribution in [2.24, 2.45) is 5.73 Å². The van der Waals surface area contributed by atoms with Crippen molar-refractivity contribution in [3.63, 3.8) is 0 Å². The predicted octanol–water partition coefficient (Wildman–Crippen LogP) is 3.00. The highest BCUT2D eigenvalue weighted by Gasteiger charge is 2.35. The fourth-order valence-electron chi connectivity index (χ4n) is 2.98. The number of rotatable bonds is 5. The lowest BCUT2D eigenvalue weighted by atomic mass is 9.78. The van der Waals surface area contributed by atoms with Crippen LogP contribution in [0.3, 0.4) is 0 Å². The van der Waals surface area contributed by atoms with Gasteiger partial charge in [0.05, 0.1) is 27.8 Å². The molecule has 2 N–H and O–H groups in total. The van der Waals surface area contributed by atoms with Crippen molar-refractivity contribution in [3.8, 4) is 0 Å². The minimum atomic E-state index is -0.618. The Morgan fingerprint density at radius 3 is 2.55 bits per heavy atom. The van der Waals surface area contributed by atoms with Gasteiger partial charge in [-0.15, -0.1) is 0 Å². The third-order valence-corrected chi connectivity index (χ3v) is 5.24. The number of nitrogens with two attached hydrogens (primary N) is 1. The summed E-state index contributed by atoms with van der Waals surface area (Å²) in [7, 11) is 0. The van der Waals surface area contributed by atoms with Gasteiger partial charge in [-0.3, -0.25) is 9.48 Å². The van der Waals surface area contributed by atoms with E-state index in [1.807, 2.05) is 11.6 Å². The van der Waals surface area contributed by atoms with Crippen LogP contribution in [0.2, 0.25) is 0 Å². The van der Waals surface area contributed by atoms with E-state index in [1.165, 1.54) is 6.42 Å². The summed E-state index contributed by atoms with van der Waals surface area (Å²) in [5, 5.41) is 4.54. The molecule has 0 atom stereocenters. The molecule has 1 aromatic rings. The second kappa shape index (κ2) is 6.39. The molecule has 112 valence electrons. The van der Waals surface area contributed by atoms with Crippen molar-refractivity contribution in [2.45, 2.75) is 70.9 Å². The maximum atomic E-state index is 12.6. The van der Waals surface area contributed by atoms with Crippen LogP contribution in [-0.4, -0.2) is 21.1 Å². The van der Waals surface area contributed by atoms with Crippen LogP contribution in [0, 0.1) is 0 Å². The largest absolute Gasteiger partial charge is 0.319 e. The SMILES string of the molecule is CCc1nn(CC)c(CC(=O)C2(N)CCCCC2)c1Br. The number of hydrogen-bond acceptors (Lipinski definition) is 3. The van der Waals surface area contributed by atoms with E-state index in [4.69, 9.17) is 5.73 Å². The van der Waals surface area contributed by atoms with Crippen molar-refractivity contribution in [2.75, 3.05) is 0 Å². The predicted molar refractivity (Wildman–Crippen MR) is 83.7 cm³/mol. The fourth-order valence-corrected chi connectivity index (χ4v) is 3.68. The van der Waals surface area contributed by atoms with Crippen molar-refractivity contribution < 1.29 is 4.79 Å². The molecule has 2 rings (SSSR count). The van der Waals surface area contributed by atoms with E-state index in [0.29, 0.717) is 6.42 Å². The highest BCUT2D eigenvalue weighted by molar-refractivity contribution is 9.10. The summed E-state index contributed by atoms with van der Waals surface area (Å²) in [6.45, 7) is 4.90. The Bertz CT molecular complexity index is 490. The van der Waals surface area contributed by atoms with Gasteiger partial charge in [0.25, 0.3) is 0 Å². The van der Waals surface area contributed by atoms with E-state index in [-0.39, 0.29) is 5.78 Å². The van der Waals surface area contributed by atoms with Crippen LogP contribution in [0.25, 0.3) is 0 Å². The third kappa shape index (κ3) is 2.98. The number of carbonyl (C=O) groups is 1. The molecule has 0 radical (unpaired) electrons. The first kappa shape index (κ1) is 15.7. The van der Waals surface area contributed by atoms with Gasteiger partial charge < -0.3 is 5.73 Å². The summed E-state index contributed by atoms with van der Waals surface area (Å²) in [4.78, 5) is 12.6. The molecule has 0 amide bonds. The second-order valence-electron chi connectivity index (χ2n) is 5.69. The standard InChI is InChI=1S/C15H24BrN3O/c1-3-11-14(16)12(19(4-2)18-11)10-13(20)15(17)8-6-5-7-9-15/h3-10,17H2,1-2H3. The van der Waals surface area contributed by atoms with E-state index in [9.17, 15) is 4.79 Å². The molecular weight excluding hydrogens is 318 g/mol. The number of nitrogens with zero attached hydrogens (tertiary/aromatic N) is 2. The zero-order chi connectivity index (χ0) is 14.8. The van der Waals surface area contributed by atoms with Crippen LogP contribution in [0.4, 0.5) is 0 Å². The summed E-state index contributed by atoms with van der Waals surface area (Å²) in [5.41, 5.74) is 7.71. The molecule has 20 heavy (non-hydrogen) atoms. The number of hydrogen-bond donors (Lipinski definition) is 1. The lowest BCUT2D eigenvalue weighted by Crippen LogP contribution is -2.50. The van der Waals surface area contributed by atoms with Gasteiger partial charge in [0.2, 0.25) is 0 Å². The Labute approximate surface area is 129 Å². The van der Waals surface area contributed by atoms with E-state index in [0.717, 1.165) is 54.5 Å². The lowest BCUT2D eigenvalue weighted by Gasteiger charge is -2.31. The number of aryl methyl sites for hydroxylation is 2. The number of carbonyl (C=O) groups excluding carboxylic acids is 1. The molecule has 0 aromatic carbocycles. The number of ketones is 1. The van der Waals surface area contributed by atoms with E-state index < -0.39 is 5.54 Å². The molecule has 1 aliphatic carbocycles. The number of Topliss-reactive ketones (excluding diaryl/α,β-unsaturated/α-hetero) is 1. The van der Waals surface area contributed by atoms with Crippen molar-refractivity contribution in [1.82, 2.24) is 9.78 Å². The molecule has 1 aliphatic rings. The normalized spacial score (nSPS) is 18.2. The fraction of sp³-hybridized carbons (Fsp3) is 0.733. The molecule has 0 aliphatic heterocycles. The number of halogens is 1. The average molecular weight is 342 g/mol. The van der Waals surface area contributed by atoms with Gasteiger partial charge in [-0.25, -0.2) is 0 Å². The molecular formula is C15H24BrN3O. The van der Waals surface area contributed by atoms with Gasteiger partial charge in [-0.2, -0.15) is 5.10 Å². The molecule has 0 saturated heterocycles. The molecule has 1 fully saturated rings. The first-order chi connectivity index (χ1) is 9.51. The maximum absolute atomic E-state index is 12.6. The van der Waals surface area contributed by atoms with Crippen LogP contribution in [0.1, 0.15) is 57.3 Å². The molecule has 5 heteroatoms. The Balaban J connectivity index is 2.20. The first-order valence-corrected chi connectivity index (χ1v) is 8.37. The van der Waals surface area contributed by atoms with E-state index >= 15 is 0 Å². The molecule has 0 spiro atoms. The summed E-state index contributed by atoms with van der Waals surface area (Å²) in [6, 6.07) is 0. The van der Waals surface area contributed by atoms with E-state index in [1.54, 1.807) is 0 Å². The van der Waals surface area contributed by atoms with Crippen molar-refractivity contribution >= 4 is 21.7 Å². The average Bonchev–Trinajstić information content (AvgIpc) is 2.76. The van der Waals surface area contributed by atoms with Crippen LogP contribution >= 0.6 is 15.9 Å². The summed E-state index contributed by atoms with van der Waals surface area (Å²) in [6.07, 6.45) is 6.23. The van der Waals surface area contributed by atoms with Gasteiger partial charge in [0, 0.05) is 6.54 Å². The minimum Gasteiger partial charge on any atom is -0.319 e. The second-order valence-corrected chi connectivity index (χ2v) is 6.49. The third-order valence-electron chi connectivity index (χ3n) is 4.32. The Morgan fingerprint density at radius 2 is 2.00 bits per heavy atom. The summed E-state index contributed by atoms with van der Waals surface area (Å²) in [5.74, 6) is 0.162. The van der Waals surface area contributed by atoms with Gasteiger partial charge in [0.1, 0.15) is 0 Å². The van der Waals surface area contributed by atoms with Gasteiger partial charge in [-0.05, 0) is 42.1 Å². The highest BCUT2D eigenvalue weighted by atomic mass is 79.9. The molecule has 0 unspecified atom stereocenters. The van der Waals surface area contributed by atoms with Gasteiger partial charge in [-0.1, -0.05) is 26.2 Å². The Kier molecular flexibility index (Phi) is 5.02. The lowest BCUT2D eigenvalue weighted by molar-refractivity contribution is -0.124.